The lowest BCUT2D eigenvalue weighted by molar-refractivity contribution is -0.136. The summed E-state index contributed by atoms with van der Waals surface area (Å²) in [7, 11) is 0. The third-order valence-corrected chi connectivity index (χ3v) is 4.45. The molecule has 4 nitrogen and oxygen atoms in total. The lowest BCUT2D eigenvalue weighted by atomic mass is 9.95. The Morgan fingerprint density at radius 2 is 1.80 bits per heavy atom. The third-order valence-electron chi connectivity index (χ3n) is 4.45. The molecule has 0 aromatic heterocycles. The van der Waals surface area contributed by atoms with Crippen LogP contribution in [0.4, 0.5) is 0 Å². The largest absolute Gasteiger partial charge is 0.492 e. The summed E-state index contributed by atoms with van der Waals surface area (Å²) in [6, 6.07) is 18.2. The molecule has 0 saturated heterocycles. The fourth-order valence-electron chi connectivity index (χ4n) is 3.14. The fraction of sp³-hybridized carbons (Fsp3) is 0.350. The van der Waals surface area contributed by atoms with Crippen LogP contribution in [-0.4, -0.2) is 37.0 Å². The Morgan fingerprint density at radius 3 is 2.56 bits per heavy atom. The molecule has 1 atom stereocenters. The summed E-state index contributed by atoms with van der Waals surface area (Å²) in [4.78, 5) is 14.8. The smallest absolute Gasteiger partial charge is 0.229 e. The molecule has 0 radical (unpaired) electrons. The summed E-state index contributed by atoms with van der Waals surface area (Å²) in [5.74, 6) is 0.921. The molecular formula is C20H25ClN2O2. The zero-order valence-corrected chi connectivity index (χ0v) is 15.1. The Hall–Kier alpha value is -2.04. The van der Waals surface area contributed by atoms with Gasteiger partial charge in [0.25, 0.3) is 0 Å². The lowest BCUT2D eigenvalue weighted by Crippen LogP contribution is -2.44. The number of nitrogens with zero attached hydrogens (tertiary/aromatic N) is 1. The second-order valence-corrected chi connectivity index (χ2v) is 6.17. The van der Waals surface area contributed by atoms with Crippen molar-refractivity contribution in [2.24, 2.45) is 11.7 Å². The quantitative estimate of drug-likeness (QED) is 0.861. The van der Waals surface area contributed by atoms with Gasteiger partial charge in [-0.25, -0.2) is 0 Å². The van der Waals surface area contributed by atoms with Gasteiger partial charge < -0.3 is 15.4 Å². The van der Waals surface area contributed by atoms with Gasteiger partial charge >= 0.3 is 0 Å². The van der Waals surface area contributed by atoms with Gasteiger partial charge in [0.2, 0.25) is 5.91 Å². The van der Waals surface area contributed by atoms with Crippen LogP contribution < -0.4 is 10.5 Å². The molecule has 0 aliphatic carbocycles. The minimum atomic E-state index is -0.123. The SMILES string of the molecule is Cl.NCCN(CCc1ccccc1)C(=O)C1COc2ccccc2C1. The van der Waals surface area contributed by atoms with Crippen LogP contribution >= 0.6 is 12.4 Å². The molecule has 1 aliphatic rings. The van der Waals surface area contributed by atoms with Crippen molar-refractivity contribution in [3.63, 3.8) is 0 Å². The number of hydrogen-bond acceptors (Lipinski definition) is 3. The molecule has 5 heteroatoms. The number of ether oxygens (including phenoxy) is 1. The average molecular weight is 361 g/mol. The second-order valence-electron chi connectivity index (χ2n) is 6.17. The van der Waals surface area contributed by atoms with Crippen molar-refractivity contribution in [3.05, 3.63) is 65.7 Å². The molecule has 1 amide bonds. The first-order chi connectivity index (χ1) is 11.8. The van der Waals surface area contributed by atoms with Gasteiger partial charge in [-0.1, -0.05) is 48.5 Å². The summed E-state index contributed by atoms with van der Waals surface area (Å²) in [5, 5.41) is 0. The zero-order valence-electron chi connectivity index (χ0n) is 14.3. The molecule has 1 unspecified atom stereocenters. The molecule has 0 fully saturated rings. The van der Waals surface area contributed by atoms with Gasteiger partial charge in [-0.2, -0.15) is 0 Å². The van der Waals surface area contributed by atoms with Crippen molar-refractivity contribution in [1.82, 2.24) is 4.90 Å². The van der Waals surface area contributed by atoms with Crippen LogP contribution in [0.5, 0.6) is 5.75 Å². The van der Waals surface area contributed by atoms with Gasteiger partial charge in [-0.05, 0) is 30.0 Å². The van der Waals surface area contributed by atoms with E-state index in [0.29, 0.717) is 26.2 Å². The molecule has 134 valence electrons. The molecule has 3 rings (SSSR count). The highest BCUT2D eigenvalue weighted by atomic mass is 35.5. The van der Waals surface area contributed by atoms with E-state index in [1.54, 1.807) is 0 Å². The predicted octanol–water partition coefficient (Wildman–Crippen LogP) is 2.69. The first kappa shape index (κ1) is 19.3. The maximum Gasteiger partial charge on any atom is 0.229 e. The van der Waals surface area contributed by atoms with Crippen LogP contribution in [0.2, 0.25) is 0 Å². The second kappa shape index (κ2) is 9.44. The van der Waals surface area contributed by atoms with Crippen LogP contribution in [0.1, 0.15) is 11.1 Å². The Bertz CT molecular complexity index is 678. The van der Waals surface area contributed by atoms with Crippen molar-refractivity contribution in [2.75, 3.05) is 26.2 Å². The number of halogens is 1. The summed E-state index contributed by atoms with van der Waals surface area (Å²) in [6.07, 6.45) is 1.58. The fourth-order valence-corrected chi connectivity index (χ4v) is 3.14. The van der Waals surface area contributed by atoms with E-state index < -0.39 is 0 Å². The number of rotatable bonds is 6. The molecule has 1 aliphatic heterocycles. The van der Waals surface area contributed by atoms with E-state index in [2.05, 4.69) is 12.1 Å². The van der Waals surface area contributed by atoms with Gasteiger partial charge in [-0.15, -0.1) is 12.4 Å². The summed E-state index contributed by atoms with van der Waals surface area (Å²) >= 11 is 0. The van der Waals surface area contributed by atoms with Crippen molar-refractivity contribution in [1.29, 1.82) is 0 Å². The van der Waals surface area contributed by atoms with Crippen molar-refractivity contribution in [2.45, 2.75) is 12.8 Å². The van der Waals surface area contributed by atoms with Gasteiger partial charge in [0.05, 0.1) is 5.92 Å². The third kappa shape index (κ3) is 4.97. The Balaban J connectivity index is 0.00000225. The van der Waals surface area contributed by atoms with Crippen LogP contribution in [0, 0.1) is 5.92 Å². The van der Waals surface area contributed by atoms with E-state index in [0.717, 1.165) is 24.2 Å². The monoisotopic (exact) mass is 360 g/mol. The maximum absolute atomic E-state index is 12.9. The molecule has 0 spiro atoms. The Morgan fingerprint density at radius 1 is 1.08 bits per heavy atom. The van der Waals surface area contributed by atoms with Crippen molar-refractivity contribution >= 4 is 18.3 Å². The Labute approximate surface area is 155 Å². The van der Waals surface area contributed by atoms with Crippen LogP contribution in [0.25, 0.3) is 0 Å². The van der Waals surface area contributed by atoms with E-state index in [1.165, 1.54) is 5.56 Å². The first-order valence-electron chi connectivity index (χ1n) is 8.51. The van der Waals surface area contributed by atoms with Gasteiger partial charge in [0.15, 0.2) is 0 Å². The number of nitrogens with two attached hydrogens (primary N) is 1. The van der Waals surface area contributed by atoms with Crippen molar-refractivity contribution in [3.8, 4) is 5.75 Å². The van der Waals surface area contributed by atoms with Crippen LogP contribution in [-0.2, 0) is 17.6 Å². The van der Waals surface area contributed by atoms with Gasteiger partial charge in [-0.3, -0.25) is 4.79 Å². The van der Waals surface area contributed by atoms with Gasteiger partial charge in [0.1, 0.15) is 12.4 Å². The highest BCUT2D eigenvalue weighted by Crippen LogP contribution is 2.27. The van der Waals surface area contributed by atoms with E-state index >= 15 is 0 Å². The molecule has 0 bridgehead atoms. The molecule has 25 heavy (non-hydrogen) atoms. The molecule has 2 aromatic rings. The number of fused-ring (bicyclic) bond motifs is 1. The van der Waals surface area contributed by atoms with Crippen LogP contribution in [0.3, 0.4) is 0 Å². The minimum Gasteiger partial charge on any atom is -0.492 e. The van der Waals surface area contributed by atoms with E-state index in [9.17, 15) is 4.79 Å². The average Bonchev–Trinajstić information content (AvgIpc) is 2.65. The van der Waals surface area contributed by atoms with Gasteiger partial charge in [0, 0.05) is 19.6 Å². The first-order valence-corrected chi connectivity index (χ1v) is 8.51. The van der Waals surface area contributed by atoms with Crippen LogP contribution in [0.15, 0.2) is 54.6 Å². The molecule has 0 saturated carbocycles. The normalized spacial score (nSPS) is 15.5. The lowest BCUT2D eigenvalue weighted by Gasteiger charge is -2.30. The summed E-state index contributed by atoms with van der Waals surface area (Å²) in [5.41, 5.74) is 8.06. The van der Waals surface area contributed by atoms with E-state index in [4.69, 9.17) is 10.5 Å². The standard InChI is InChI=1S/C20H24N2O2.ClH/c21-11-13-22(12-10-16-6-2-1-3-7-16)20(23)18-14-17-8-4-5-9-19(17)24-15-18;/h1-9,18H,10-15,21H2;1H. The topological polar surface area (TPSA) is 55.6 Å². The van der Waals surface area contributed by atoms with E-state index in [1.807, 2.05) is 47.4 Å². The minimum absolute atomic E-state index is 0. The highest BCUT2D eigenvalue weighted by Gasteiger charge is 2.29. The maximum atomic E-state index is 12.9. The summed E-state index contributed by atoms with van der Waals surface area (Å²) < 4.78 is 5.77. The number of amides is 1. The molecule has 2 aromatic carbocycles. The Kier molecular flexibility index (Phi) is 7.29. The number of carbonyl (C=O) groups is 1. The number of carbonyl (C=O) groups excluding carboxylic acids is 1. The number of para-hydroxylation sites is 1. The van der Waals surface area contributed by atoms with E-state index in [-0.39, 0.29) is 24.2 Å². The predicted molar refractivity (Wildman–Crippen MR) is 102 cm³/mol. The highest BCUT2D eigenvalue weighted by molar-refractivity contribution is 5.85. The zero-order chi connectivity index (χ0) is 16.8. The number of benzene rings is 2. The molecule has 1 heterocycles. The summed E-state index contributed by atoms with van der Waals surface area (Å²) in [6.45, 7) is 2.20. The number of hydrogen-bond donors (Lipinski definition) is 1. The molecule has 2 N–H and O–H groups in total. The molecular weight excluding hydrogens is 336 g/mol. The van der Waals surface area contributed by atoms with Crippen molar-refractivity contribution < 1.29 is 9.53 Å².